The molecule has 1 aromatic rings. The van der Waals surface area contributed by atoms with E-state index in [-0.39, 0.29) is 23.1 Å². The van der Waals surface area contributed by atoms with Gasteiger partial charge < -0.3 is 10.2 Å². The maximum Gasteiger partial charge on any atom is 0.227 e. The third-order valence-electron chi connectivity index (χ3n) is 3.59. The van der Waals surface area contributed by atoms with E-state index in [2.05, 4.69) is 36.1 Å². The van der Waals surface area contributed by atoms with Crippen LogP contribution < -0.4 is 10.2 Å². The zero-order valence-corrected chi connectivity index (χ0v) is 14.9. The third kappa shape index (κ3) is 4.32. The van der Waals surface area contributed by atoms with E-state index in [1.54, 1.807) is 0 Å². The molecule has 2 rings (SSSR count). The average molecular weight is 326 g/mol. The van der Waals surface area contributed by atoms with Crippen LogP contribution in [0.2, 0.25) is 0 Å². The third-order valence-corrected chi connectivity index (χ3v) is 5.34. The molecule has 6 nitrogen and oxygen atoms in total. The predicted molar refractivity (Wildman–Crippen MR) is 90.2 cm³/mol. The van der Waals surface area contributed by atoms with Crippen molar-refractivity contribution in [3.8, 4) is 0 Å². The summed E-state index contributed by atoms with van der Waals surface area (Å²) < 4.78 is 23.5. The maximum atomic E-state index is 11.7. The lowest BCUT2D eigenvalue weighted by molar-refractivity contribution is 0.599. The number of aryl methyl sites for hydroxylation is 1. The SMILES string of the molecule is CCN(c1nc(C)cc(NC(C)(C)C)n1)C1CCS(=O)(=O)C1. The van der Waals surface area contributed by atoms with Crippen LogP contribution in [-0.4, -0.2) is 48.0 Å². The smallest absolute Gasteiger partial charge is 0.227 e. The van der Waals surface area contributed by atoms with Gasteiger partial charge in [-0.1, -0.05) is 0 Å². The maximum absolute atomic E-state index is 11.7. The number of anilines is 2. The Morgan fingerprint density at radius 3 is 2.55 bits per heavy atom. The Morgan fingerprint density at radius 1 is 1.36 bits per heavy atom. The van der Waals surface area contributed by atoms with Crippen LogP contribution in [-0.2, 0) is 9.84 Å². The molecule has 0 spiro atoms. The monoisotopic (exact) mass is 326 g/mol. The molecule has 0 amide bonds. The fourth-order valence-corrected chi connectivity index (χ4v) is 4.44. The van der Waals surface area contributed by atoms with Gasteiger partial charge in [-0.3, -0.25) is 0 Å². The van der Waals surface area contributed by atoms with Gasteiger partial charge in [0.05, 0.1) is 11.5 Å². The van der Waals surface area contributed by atoms with Crippen LogP contribution in [0, 0.1) is 6.92 Å². The number of sulfone groups is 1. The molecular formula is C15H26N4O2S. The topological polar surface area (TPSA) is 75.2 Å². The van der Waals surface area contributed by atoms with Crippen molar-refractivity contribution in [2.75, 3.05) is 28.3 Å². The Hall–Kier alpha value is -1.37. The normalized spacial score (nSPS) is 20.9. The molecule has 0 aromatic carbocycles. The van der Waals surface area contributed by atoms with Crippen LogP contribution in [0.4, 0.5) is 11.8 Å². The molecule has 0 radical (unpaired) electrons. The Labute approximate surface area is 133 Å². The lowest BCUT2D eigenvalue weighted by atomic mass is 10.1. The molecule has 7 heteroatoms. The standard InChI is InChI=1S/C15H26N4O2S/c1-6-19(12-7-8-22(20,21)10-12)14-16-11(2)9-13(17-14)18-15(3,4)5/h9,12H,6-8,10H2,1-5H3,(H,16,17,18). The molecule has 1 saturated heterocycles. The van der Waals surface area contributed by atoms with Gasteiger partial charge in [0.25, 0.3) is 0 Å². The van der Waals surface area contributed by atoms with Gasteiger partial charge >= 0.3 is 0 Å². The summed E-state index contributed by atoms with van der Waals surface area (Å²) in [4.78, 5) is 11.1. The van der Waals surface area contributed by atoms with Crippen LogP contribution >= 0.6 is 0 Å². The summed E-state index contributed by atoms with van der Waals surface area (Å²) in [6.45, 7) is 10.9. The Kier molecular flexibility index (Phi) is 4.65. The van der Waals surface area contributed by atoms with Crippen LogP contribution in [0.5, 0.6) is 0 Å². The molecule has 1 fully saturated rings. The minimum absolute atomic E-state index is 0.0284. The molecule has 124 valence electrons. The number of nitrogens with zero attached hydrogens (tertiary/aromatic N) is 3. The van der Waals surface area contributed by atoms with Gasteiger partial charge in [0, 0.05) is 29.9 Å². The number of rotatable bonds is 4. The van der Waals surface area contributed by atoms with Gasteiger partial charge in [-0.25, -0.2) is 13.4 Å². The highest BCUT2D eigenvalue weighted by atomic mass is 32.2. The van der Waals surface area contributed by atoms with Crippen LogP contribution in [0.1, 0.15) is 39.8 Å². The lowest BCUT2D eigenvalue weighted by Gasteiger charge is -2.28. The summed E-state index contributed by atoms with van der Waals surface area (Å²) in [5.41, 5.74) is 0.780. The minimum atomic E-state index is -2.92. The highest BCUT2D eigenvalue weighted by Crippen LogP contribution is 2.24. The van der Waals surface area contributed by atoms with E-state index in [1.165, 1.54) is 0 Å². The fourth-order valence-electron chi connectivity index (χ4n) is 2.71. The van der Waals surface area contributed by atoms with Gasteiger partial charge in [-0.05, 0) is 41.0 Å². The summed E-state index contributed by atoms with van der Waals surface area (Å²) in [7, 11) is -2.92. The zero-order chi connectivity index (χ0) is 16.5. The van der Waals surface area contributed by atoms with Crippen molar-refractivity contribution in [2.24, 2.45) is 0 Å². The highest BCUT2D eigenvalue weighted by Gasteiger charge is 2.33. The molecular weight excluding hydrogens is 300 g/mol. The van der Waals surface area contributed by atoms with E-state index in [0.29, 0.717) is 18.9 Å². The first kappa shape index (κ1) is 17.0. The van der Waals surface area contributed by atoms with E-state index < -0.39 is 9.84 Å². The molecule has 1 atom stereocenters. The number of hydrogen-bond donors (Lipinski definition) is 1. The molecule has 1 aliphatic heterocycles. The van der Waals surface area contributed by atoms with Crippen molar-refractivity contribution in [3.63, 3.8) is 0 Å². The van der Waals surface area contributed by atoms with Crippen molar-refractivity contribution >= 4 is 21.6 Å². The molecule has 0 aliphatic carbocycles. The summed E-state index contributed by atoms with van der Waals surface area (Å²) in [6, 6.07) is 1.88. The molecule has 1 N–H and O–H groups in total. The van der Waals surface area contributed by atoms with E-state index in [1.807, 2.05) is 24.8 Å². The van der Waals surface area contributed by atoms with Crippen LogP contribution in [0.3, 0.4) is 0 Å². The number of nitrogens with one attached hydrogen (secondary N) is 1. The van der Waals surface area contributed by atoms with Gasteiger partial charge in [0.15, 0.2) is 9.84 Å². The zero-order valence-electron chi connectivity index (χ0n) is 14.0. The second-order valence-corrected chi connectivity index (χ2v) is 9.14. The first-order valence-corrected chi connectivity index (χ1v) is 9.53. The first-order chi connectivity index (χ1) is 10.1. The van der Waals surface area contributed by atoms with Crippen molar-refractivity contribution in [1.29, 1.82) is 0 Å². The van der Waals surface area contributed by atoms with Crippen LogP contribution in [0.15, 0.2) is 6.07 Å². The average Bonchev–Trinajstić information content (AvgIpc) is 2.67. The van der Waals surface area contributed by atoms with Gasteiger partial charge in [0.2, 0.25) is 5.95 Å². The van der Waals surface area contributed by atoms with E-state index in [0.717, 1.165) is 11.5 Å². The second kappa shape index (κ2) is 6.02. The molecule has 1 unspecified atom stereocenters. The van der Waals surface area contributed by atoms with E-state index in [9.17, 15) is 8.42 Å². The first-order valence-electron chi connectivity index (χ1n) is 7.70. The second-order valence-electron chi connectivity index (χ2n) is 6.91. The molecule has 1 aromatic heterocycles. The molecule has 1 aliphatic rings. The highest BCUT2D eigenvalue weighted by molar-refractivity contribution is 7.91. The van der Waals surface area contributed by atoms with Crippen molar-refractivity contribution < 1.29 is 8.42 Å². The van der Waals surface area contributed by atoms with Gasteiger partial charge in [0.1, 0.15) is 5.82 Å². The minimum Gasteiger partial charge on any atom is -0.365 e. The van der Waals surface area contributed by atoms with E-state index in [4.69, 9.17) is 0 Å². The summed E-state index contributed by atoms with van der Waals surface area (Å²) in [5.74, 6) is 1.83. The number of aromatic nitrogens is 2. The molecule has 22 heavy (non-hydrogen) atoms. The van der Waals surface area contributed by atoms with Crippen molar-refractivity contribution in [2.45, 2.75) is 52.6 Å². The van der Waals surface area contributed by atoms with Crippen molar-refractivity contribution in [3.05, 3.63) is 11.8 Å². The molecule has 0 bridgehead atoms. The van der Waals surface area contributed by atoms with Gasteiger partial charge in [-0.2, -0.15) is 4.98 Å². The quantitative estimate of drug-likeness (QED) is 0.912. The Balaban J connectivity index is 2.29. The van der Waals surface area contributed by atoms with Crippen molar-refractivity contribution in [1.82, 2.24) is 9.97 Å². The largest absolute Gasteiger partial charge is 0.365 e. The summed E-state index contributed by atoms with van der Waals surface area (Å²) in [5, 5.41) is 3.35. The van der Waals surface area contributed by atoms with E-state index >= 15 is 0 Å². The van der Waals surface area contributed by atoms with Gasteiger partial charge in [-0.15, -0.1) is 0 Å². The number of hydrogen-bond acceptors (Lipinski definition) is 6. The Morgan fingerprint density at radius 2 is 2.05 bits per heavy atom. The fraction of sp³-hybridized carbons (Fsp3) is 0.733. The molecule has 0 saturated carbocycles. The summed E-state index contributed by atoms with van der Waals surface area (Å²) in [6.07, 6.45) is 0.648. The Bertz CT molecular complexity index is 637. The lowest BCUT2D eigenvalue weighted by Crippen LogP contribution is -2.38. The summed E-state index contributed by atoms with van der Waals surface area (Å²) >= 11 is 0. The predicted octanol–water partition coefficient (Wildman–Crippen LogP) is 2.01. The molecule has 2 heterocycles. The van der Waals surface area contributed by atoms with Crippen LogP contribution in [0.25, 0.3) is 0 Å².